The number of anilines is 2. The van der Waals surface area contributed by atoms with Gasteiger partial charge < -0.3 is 20.4 Å². The lowest BCUT2D eigenvalue weighted by atomic mass is 10.2. The predicted octanol–water partition coefficient (Wildman–Crippen LogP) is 2.35. The number of pyridine rings is 2. The number of imidazole rings is 1. The molecule has 3 aromatic rings. The van der Waals surface area contributed by atoms with E-state index in [1.165, 1.54) is 11.8 Å². The van der Waals surface area contributed by atoms with Crippen molar-refractivity contribution in [2.24, 2.45) is 7.05 Å². The van der Waals surface area contributed by atoms with Crippen LogP contribution < -0.4 is 16.0 Å². The quantitative estimate of drug-likeness (QED) is 0.587. The molecule has 3 heterocycles. The molecular weight excluding hydrogens is 422 g/mol. The molecule has 0 saturated heterocycles. The molecule has 0 bridgehead atoms. The van der Waals surface area contributed by atoms with Crippen molar-refractivity contribution in [1.82, 2.24) is 24.8 Å². The number of fused-ring (bicyclic) bond motifs is 1. The Labute approximate surface area is 192 Å². The largest absolute Gasteiger partial charge is 0.443 e. The highest BCUT2D eigenvalue weighted by Crippen LogP contribution is 2.29. The van der Waals surface area contributed by atoms with Crippen molar-refractivity contribution in [3.05, 3.63) is 41.5 Å². The molecule has 172 valence electrons. The molecule has 0 atom stereocenters. The number of nitrogens with one attached hydrogen (secondary N) is 1. The van der Waals surface area contributed by atoms with Crippen LogP contribution in [0.3, 0.4) is 0 Å². The van der Waals surface area contributed by atoms with Crippen LogP contribution in [-0.2, 0) is 23.1 Å². The number of amides is 2. The molecule has 0 aliphatic rings. The maximum Gasteiger partial charge on any atom is 0.415 e. The van der Waals surface area contributed by atoms with Crippen molar-refractivity contribution in [3.8, 4) is 11.8 Å². The van der Waals surface area contributed by atoms with Crippen LogP contribution in [0.1, 0.15) is 44.6 Å². The fraction of sp³-hybridized carbons (Fsp3) is 0.348. The molecular formula is C23H27N7O3. The first-order valence-corrected chi connectivity index (χ1v) is 10.3. The SMILES string of the molecule is CC(=O)NCc1cccc(C#Cc2c(N)nc(N(C)C(=O)OC(C)(C)C)c3ncn(C)c23)n1. The van der Waals surface area contributed by atoms with Gasteiger partial charge >= 0.3 is 6.09 Å². The minimum Gasteiger partial charge on any atom is -0.443 e. The van der Waals surface area contributed by atoms with E-state index in [2.05, 4.69) is 32.1 Å². The molecule has 2 amide bonds. The average molecular weight is 450 g/mol. The second-order valence-corrected chi connectivity index (χ2v) is 8.46. The summed E-state index contributed by atoms with van der Waals surface area (Å²) in [6.45, 7) is 7.12. The third-order valence-corrected chi connectivity index (χ3v) is 4.49. The average Bonchev–Trinajstić information content (AvgIpc) is 3.11. The first kappa shape index (κ1) is 23.5. The molecule has 0 unspecified atom stereocenters. The van der Waals surface area contributed by atoms with Crippen molar-refractivity contribution in [3.63, 3.8) is 0 Å². The van der Waals surface area contributed by atoms with Gasteiger partial charge in [-0.3, -0.25) is 9.69 Å². The molecule has 0 saturated carbocycles. The van der Waals surface area contributed by atoms with Crippen LogP contribution in [-0.4, -0.2) is 44.2 Å². The summed E-state index contributed by atoms with van der Waals surface area (Å²) in [5, 5.41) is 2.71. The van der Waals surface area contributed by atoms with Crippen molar-refractivity contribution in [2.45, 2.75) is 39.8 Å². The van der Waals surface area contributed by atoms with Gasteiger partial charge in [0.25, 0.3) is 0 Å². The molecule has 3 N–H and O–H groups in total. The third-order valence-electron chi connectivity index (χ3n) is 4.49. The van der Waals surface area contributed by atoms with E-state index in [9.17, 15) is 9.59 Å². The number of nitrogens with two attached hydrogens (primary N) is 1. The third kappa shape index (κ3) is 5.57. The molecule has 3 rings (SSSR count). The topological polar surface area (TPSA) is 128 Å². The van der Waals surface area contributed by atoms with Gasteiger partial charge in [-0.25, -0.2) is 19.7 Å². The van der Waals surface area contributed by atoms with Crippen molar-refractivity contribution in [1.29, 1.82) is 0 Å². The van der Waals surface area contributed by atoms with Gasteiger partial charge in [-0.15, -0.1) is 0 Å². The van der Waals surface area contributed by atoms with Gasteiger partial charge in [0.1, 0.15) is 22.6 Å². The Bertz CT molecular complexity index is 1280. The van der Waals surface area contributed by atoms with E-state index in [0.717, 1.165) is 0 Å². The molecule has 0 aliphatic carbocycles. The second-order valence-electron chi connectivity index (χ2n) is 8.46. The number of carbonyl (C=O) groups excluding carboxylic acids is 2. The van der Waals surface area contributed by atoms with E-state index in [4.69, 9.17) is 10.5 Å². The lowest BCUT2D eigenvalue weighted by Crippen LogP contribution is -2.34. The summed E-state index contributed by atoms with van der Waals surface area (Å²) in [5.74, 6) is 6.33. The molecule has 10 nitrogen and oxygen atoms in total. The number of rotatable bonds is 3. The number of carbonyl (C=O) groups is 2. The van der Waals surface area contributed by atoms with Crippen LogP contribution in [0, 0.1) is 11.8 Å². The minimum absolute atomic E-state index is 0.137. The van der Waals surface area contributed by atoms with Gasteiger partial charge in [0.2, 0.25) is 5.91 Å². The van der Waals surface area contributed by atoms with Crippen LogP contribution in [0.4, 0.5) is 16.4 Å². The Morgan fingerprint density at radius 3 is 2.64 bits per heavy atom. The van der Waals surface area contributed by atoms with E-state index in [1.54, 1.807) is 50.8 Å². The Hall–Kier alpha value is -4.13. The number of aryl methyl sites for hydroxylation is 1. The minimum atomic E-state index is -0.660. The molecule has 3 aromatic heterocycles. The number of hydrogen-bond acceptors (Lipinski definition) is 7. The highest BCUT2D eigenvalue weighted by atomic mass is 16.6. The van der Waals surface area contributed by atoms with Crippen LogP contribution in [0.25, 0.3) is 11.0 Å². The van der Waals surface area contributed by atoms with Crippen LogP contribution in [0.15, 0.2) is 24.5 Å². The van der Waals surface area contributed by atoms with Crippen molar-refractivity contribution in [2.75, 3.05) is 17.7 Å². The van der Waals surface area contributed by atoms with Gasteiger partial charge in [0, 0.05) is 21.0 Å². The number of nitrogen functional groups attached to an aromatic ring is 1. The molecule has 0 radical (unpaired) electrons. The Morgan fingerprint density at radius 2 is 1.97 bits per heavy atom. The summed E-state index contributed by atoms with van der Waals surface area (Å²) in [5.41, 5.74) is 8.37. The van der Waals surface area contributed by atoms with Gasteiger partial charge in [0.05, 0.1) is 29.6 Å². The van der Waals surface area contributed by atoms with Gasteiger partial charge in [-0.05, 0) is 38.8 Å². The molecule has 0 fully saturated rings. The number of ether oxygens (including phenoxy) is 1. The summed E-state index contributed by atoms with van der Waals surface area (Å²) in [4.78, 5) is 38.2. The zero-order valence-corrected chi connectivity index (χ0v) is 19.6. The first-order valence-electron chi connectivity index (χ1n) is 10.3. The lowest BCUT2D eigenvalue weighted by Gasteiger charge is -2.24. The standard InChI is InChI=1S/C23H27N7O3/c1-14(31)25-12-16-9-7-8-15(27-16)10-11-17-19-18(26-13-29(19)5)21(28-20(17)24)30(6)22(32)33-23(2,3)4/h7-9,13H,12H2,1-6H3,(H2,24,28)(H,25,31). The maximum absolute atomic E-state index is 12.6. The van der Waals surface area contributed by atoms with Crippen LogP contribution in [0.5, 0.6) is 0 Å². The van der Waals surface area contributed by atoms with E-state index in [1.807, 2.05) is 13.1 Å². The summed E-state index contributed by atoms with van der Waals surface area (Å²) >= 11 is 0. The van der Waals surface area contributed by atoms with Crippen LogP contribution >= 0.6 is 0 Å². The molecule has 0 aliphatic heterocycles. The number of hydrogen-bond donors (Lipinski definition) is 2. The zero-order chi connectivity index (χ0) is 24.3. The Balaban J connectivity index is 2.01. The van der Waals surface area contributed by atoms with Gasteiger partial charge in [0.15, 0.2) is 5.82 Å². The predicted molar refractivity (Wildman–Crippen MR) is 125 cm³/mol. The summed E-state index contributed by atoms with van der Waals surface area (Å²) in [6, 6.07) is 5.38. The van der Waals surface area contributed by atoms with Gasteiger partial charge in [-0.1, -0.05) is 12.0 Å². The highest BCUT2D eigenvalue weighted by molar-refractivity contribution is 6.00. The van der Waals surface area contributed by atoms with Crippen molar-refractivity contribution < 1.29 is 14.3 Å². The fourth-order valence-corrected chi connectivity index (χ4v) is 3.00. The Kier molecular flexibility index (Phi) is 6.53. The maximum atomic E-state index is 12.6. The molecule has 0 spiro atoms. The zero-order valence-electron chi connectivity index (χ0n) is 19.6. The second kappa shape index (κ2) is 9.16. The number of aromatic nitrogens is 4. The van der Waals surface area contributed by atoms with Crippen LogP contribution in [0.2, 0.25) is 0 Å². The normalized spacial score (nSPS) is 11.0. The van der Waals surface area contributed by atoms with E-state index >= 15 is 0 Å². The monoisotopic (exact) mass is 449 g/mol. The summed E-state index contributed by atoms with van der Waals surface area (Å²) in [6.07, 6.45) is 1.04. The summed E-state index contributed by atoms with van der Waals surface area (Å²) < 4.78 is 7.21. The molecule has 33 heavy (non-hydrogen) atoms. The number of nitrogens with zero attached hydrogens (tertiary/aromatic N) is 5. The first-order chi connectivity index (χ1) is 15.5. The van der Waals surface area contributed by atoms with Crippen molar-refractivity contribution >= 4 is 34.7 Å². The lowest BCUT2D eigenvalue weighted by molar-refractivity contribution is -0.119. The highest BCUT2D eigenvalue weighted by Gasteiger charge is 2.25. The van der Waals surface area contributed by atoms with E-state index < -0.39 is 11.7 Å². The van der Waals surface area contributed by atoms with E-state index in [-0.39, 0.29) is 17.5 Å². The summed E-state index contributed by atoms with van der Waals surface area (Å²) in [7, 11) is 3.36. The fourth-order valence-electron chi connectivity index (χ4n) is 3.00. The smallest absolute Gasteiger partial charge is 0.415 e. The van der Waals surface area contributed by atoms with E-state index in [0.29, 0.717) is 34.5 Å². The molecule has 10 heteroatoms. The van der Waals surface area contributed by atoms with Gasteiger partial charge in [-0.2, -0.15) is 0 Å². The molecule has 0 aromatic carbocycles. The Morgan fingerprint density at radius 1 is 1.24 bits per heavy atom.